The lowest BCUT2D eigenvalue weighted by molar-refractivity contribution is 0.129. The molecule has 1 aliphatic carbocycles. The summed E-state index contributed by atoms with van der Waals surface area (Å²) >= 11 is 0. The third-order valence-electron chi connectivity index (χ3n) is 5.33. The Balaban J connectivity index is 1.52. The van der Waals surface area contributed by atoms with Gasteiger partial charge in [0.1, 0.15) is 11.9 Å². The van der Waals surface area contributed by atoms with E-state index >= 15 is 0 Å². The lowest BCUT2D eigenvalue weighted by Crippen LogP contribution is -2.48. The van der Waals surface area contributed by atoms with E-state index in [4.69, 9.17) is 14.5 Å². The number of hydrogen-bond acceptors (Lipinski definition) is 4. The number of nitrogens with zero attached hydrogens (tertiary/aromatic N) is 2. The highest BCUT2D eigenvalue weighted by molar-refractivity contribution is 5.80. The summed E-state index contributed by atoms with van der Waals surface area (Å²) in [6, 6.07) is 10.1. The minimum atomic E-state index is -0.344. The molecule has 1 saturated carbocycles. The number of alkyl carbamates (subject to hydrolysis) is 1. The molecule has 0 bridgehead atoms. The molecule has 1 aromatic carbocycles. The largest absolute Gasteiger partial charge is 0.490 e. The number of carbonyl (C=O) groups excluding carboxylic acids is 1. The second-order valence-corrected chi connectivity index (χ2v) is 7.62. The number of benzene rings is 1. The van der Waals surface area contributed by atoms with Crippen molar-refractivity contribution >= 4 is 12.1 Å². The van der Waals surface area contributed by atoms with Crippen LogP contribution in [-0.2, 0) is 4.74 Å². The number of hydrogen-bond donors (Lipinski definition) is 2. The molecule has 7 nitrogen and oxygen atoms in total. The molecular weight excluding hydrogens is 368 g/mol. The van der Waals surface area contributed by atoms with E-state index in [0.29, 0.717) is 19.1 Å². The van der Waals surface area contributed by atoms with Crippen molar-refractivity contribution in [3.05, 3.63) is 30.3 Å². The second kappa shape index (κ2) is 10.9. The SMILES string of the molecule is CCNC(=NCC(NC(=O)OCC)C1CC1)N1CCC(Oc2ccccc2)CC1. The number of rotatable bonds is 8. The summed E-state index contributed by atoms with van der Waals surface area (Å²) in [4.78, 5) is 19.0. The van der Waals surface area contributed by atoms with Crippen molar-refractivity contribution in [3.8, 4) is 5.75 Å². The van der Waals surface area contributed by atoms with Crippen LogP contribution in [0.5, 0.6) is 5.75 Å². The van der Waals surface area contributed by atoms with Crippen molar-refractivity contribution in [2.45, 2.75) is 51.7 Å². The van der Waals surface area contributed by atoms with Crippen LogP contribution in [0.4, 0.5) is 4.79 Å². The van der Waals surface area contributed by atoms with Gasteiger partial charge in [-0.2, -0.15) is 0 Å². The summed E-state index contributed by atoms with van der Waals surface area (Å²) in [5.41, 5.74) is 0. The molecule has 1 saturated heterocycles. The molecule has 3 rings (SSSR count). The Morgan fingerprint density at radius 3 is 2.52 bits per heavy atom. The molecule has 0 spiro atoms. The van der Waals surface area contributed by atoms with E-state index in [2.05, 4.69) is 22.5 Å². The molecular formula is C22H34N4O3. The van der Waals surface area contributed by atoms with Crippen LogP contribution in [0.2, 0.25) is 0 Å². The molecule has 160 valence electrons. The molecule has 1 aromatic rings. The van der Waals surface area contributed by atoms with Gasteiger partial charge in [-0.05, 0) is 44.7 Å². The minimum Gasteiger partial charge on any atom is -0.490 e. The van der Waals surface area contributed by atoms with Crippen molar-refractivity contribution in [2.24, 2.45) is 10.9 Å². The summed E-state index contributed by atoms with van der Waals surface area (Å²) in [5.74, 6) is 2.36. The van der Waals surface area contributed by atoms with Crippen molar-refractivity contribution < 1.29 is 14.3 Å². The number of piperidine rings is 1. The number of nitrogens with one attached hydrogen (secondary N) is 2. The molecule has 1 heterocycles. The predicted molar refractivity (Wildman–Crippen MR) is 114 cm³/mol. The van der Waals surface area contributed by atoms with Gasteiger partial charge in [0, 0.05) is 32.5 Å². The van der Waals surface area contributed by atoms with Crippen LogP contribution >= 0.6 is 0 Å². The molecule has 1 atom stereocenters. The summed E-state index contributed by atoms with van der Waals surface area (Å²) in [5, 5.41) is 6.38. The second-order valence-electron chi connectivity index (χ2n) is 7.62. The van der Waals surface area contributed by atoms with Gasteiger partial charge in [0.05, 0.1) is 19.2 Å². The number of para-hydroxylation sites is 1. The molecule has 7 heteroatoms. The Morgan fingerprint density at radius 2 is 1.90 bits per heavy atom. The van der Waals surface area contributed by atoms with Gasteiger partial charge >= 0.3 is 6.09 Å². The van der Waals surface area contributed by atoms with Crippen molar-refractivity contribution in [2.75, 3.05) is 32.8 Å². The first-order valence-electron chi connectivity index (χ1n) is 10.9. The van der Waals surface area contributed by atoms with E-state index in [-0.39, 0.29) is 18.2 Å². The number of likely N-dealkylation sites (tertiary alicyclic amines) is 1. The smallest absolute Gasteiger partial charge is 0.407 e. The van der Waals surface area contributed by atoms with Gasteiger partial charge in [0.2, 0.25) is 0 Å². The summed E-state index contributed by atoms with van der Waals surface area (Å²) in [6.45, 7) is 7.49. The zero-order chi connectivity index (χ0) is 20.5. The van der Waals surface area contributed by atoms with E-state index in [1.165, 1.54) is 0 Å². The van der Waals surface area contributed by atoms with E-state index in [1.807, 2.05) is 37.3 Å². The summed E-state index contributed by atoms with van der Waals surface area (Å²) < 4.78 is 11.1. The maximum absolute atomic E-state index is 11.8. The molecule has 29 heavy (non-hydrogen) atoms. The normalized spacial score (nSPS) is 18.8. The van der Waals surface area contributed by atoms with Crippen LogP contribution < -0.4 is 15.4 Å². The van der Waals surface area contributed by atoms with Crippen molar-refractivity contribution in [1.82, 2.24) is 15.5 Å². The first-order valence-corrected chi connectivity index (χ1v) is 10.9. The van der Waals surface area contributed by atoms with Crippen LogP contribution in [0, 0.1) is 5.92 Å². The number of carbonyl (C=O) groups is 1. The Hall–Kier alpha value is -2.44. The monoisotopic (exact) mass is 402 g/mol. The average molecular weight is 403 g/mol. The van der Waals surface area contributed by atoms with Gasteiger partial charge in [-0.3, -0.25) is 4.99 Å². The lowest BCUT2D eigenvalue weighted by atomic mass is 10.1. The number of amides is 1. The first kappa shape index (κ1) is 21.3. The Bertz CT molecular complexity index is 655. The molecule has 1 amide bonds. The van der Waals surface area contributed by atoms with Gasteiger partial charge in [-0.1, -0.05) is 18.2 Å². The van der Waals surface area contributed by atoms with E-state index in [1.54, 1.807) is 0 Å². The summed E-state index contributed by atoms with van der Waals surface area (Å²) in [6.07, 6.45) is 4.11. The molecule has 2 fully saturated rings. The standard InChI is InChI=1S/C22H34N4O3/c1-3-23-21(24-16-20(17-10-11-17)25-22(27)28-4-2)26-14-12-19(13-15-26)29-18-8-6-5-7-9-18/h5-9,17,19-20H,3-4,10-16H2,1-2H3,(H,23,24)(H,25,27). The van der Waals surface area contributed by atoms with Crippen molar-refractivity contribution in [1.29, 1.82) is 0 Å². The zero-order valence-electron chi connectivity index (χ0n) is 17.6. The van der Waals surface area contributed by atoms with Gasteiger partial charge in [0.25, 0.3) is 0 Å². The maximum Gasteiger partial charge on any atom is 0.407 e. The fraction of sp³-hybridized carbons (Fsp3) is 0.636. The molecule has 0 aromatic heterocycles. The van der Waals surface area contributed by atoms with Crippen LogP contribution in [0.25, 0.3) is 0 Å². The van der Waals surface area contributed by atoms with Gasteiger partial charge in [-0.25, -0.2) is 4.79 Å². The predicted octanol–water partition coefficient (Wildman–Crippen LogP) is 3.02. The Labute approximate surface area is 173 Å². The maximum atomic E-state index is 11.8. The minimum absolute atomic E-state index is 0.0432. The van der Waals surface area contributed by atoms with Gasteiger partial charge < -0.3 is 25.0 Å². The first-order chi connectivity index (χ1) is 14.2. The van der Waals surface area contributed by atoms with Crippen LogP contribution in [0.3, 0.4) is 0 Å². The lowest BCUT2D eigenvalue weighted by Gasteiger charge is -2.34. The van der Waals surface area contributed by atoms with Crippen LogP contribution in [0.1, 0.15) is 39.5 Å². The molecule has 1 unspecified atom stereocenters. The molecule has 2 N–H and O–H groups in total. The number of guanidine groups is 1. The fourth-order valence-corrected chi connectivity index (χ4v) is 3.62. The third-order valence-corrected chi connectivity index (χ3v) is 5.33. The highest BCUT2D eigenvalue weighted by Gasteiger charge is 2.33. The zero-order valence-corrected chi connectivity index (χ0v) is 17.6. The molecule has 2 aliphatic rings. The molecule has 1 aliphatic heterocycles. The number of ether oxygens (including phenoxy) is 2. The van der Waals surface area contributed by atoms with E-state index in [0.717, 1.165) is 57.0 Å². The highest BCUT2D eigenvalue weighted by atomic mass is 16.5. The topological polar surface area (TPSA) is 75.2 Å². The average Bonchev–Trinajstić information content (AvgIpc) is 3.57. The number of aliphatic imine (C=N–C) groups is 1. The highest BCUT2D eigenvalue weighted by Crippen LogP contribution is 2.33. The quantitative estimate of drug-likeness (QED) is 0.516. The van der Waals surface area contributed by atoms with Gasteiger partial charge in [-0.15, -0.1) is 0 Å². The Kier molecular flexibility index (Phi) is 8.02. The fourth-order valence-electron chi connectivity index (χ4n) is 3.62. The Morgan fingerprint density at radius 1 is 1.17 bits per heavy atom. The van der Waals surface area contributed by atoms with Crippen LogP contribution in [-0.4, -0.2) is 61.9 Å². The van der Waals surface area contributed by atoms with Crippen LogP contribution in [0.15, 0.2) is 35.3 Å². The van der Waals surface area contributed by atoms with Crippen molar-refractivity contribution in [3.63, 3.8) is 0 Å². The third kappa shape index (κ3) is 6.84. The van der Waals surface area contributed by atoms with Gasteiger partial charge in [0.15, 0.2) is 5.96 Å². The van der Waals surface area contributed by atoms with E-state index in [9.17, 15) is 4.79 Å². The van der Waals surface area contributed by atoms with E-state index < -0.39 is 0 Å². The summed E-state index contributed by atoms with van der Waals surface area (Å²) in [7, 11) is 0. The molecule has 0 radical (unpaired) electrons.